The van der Waals surface area contributed by atoms with E-state index in [4.69, 9.17) is 26.5 Å². The summed E-state index contributed by atoms with van der Waals surface area (Å²) in [6.07, 6.45) is 0. The topological polar surface area (TPSA) is 120 Å². The van der Waals surface area contributed by atoms with Crippen molar-refractivity contribution in [1.82, 2.24) is 10.2 Å². The van der Waals surface area contributed by atoms with E-state index in [2.05, 4.69) is 15.5 Å². The van der Waals surface area contributed by atoms with Crippen LogP contribution in [0.15, 0.2) is 52.9 Å². The molecule has 0 bridgehead atoms. The lowest BCUT2D eigenvalue weighted by atomic mass is 10.2. The van der Waals surface area contributed by atoms with Gasteiger partial charge in [0.2, 0.25) is 5.89 Å². The second kappa shape index (κ2) is 7.66. The van der Waals surface area contributed by atoms with Crippen LogP contribution in [0.3, 0.4) is 0 Å². The summed E-state index contributed by atoms with van der Waals surface area (Å²) in [7, 11) is 0. The summed E-state index contributed by atoms with van der Waals surface area (Å²) < 4.78 is 10.6. The Balaban J connectivity index is 1.65. The molecule has 1 heterocycles. The predicted molar refractivity (Wildman–Crippen MR) is 93.5 cm³/mol. The van der Waals surface area contributed by atoms with Crippen molar-refractivity contribution in [2.45, 2.75) is 6.61 Å². The van der Waals surface area contributed by atoms with Gasteiger partial charge in [0.15, 0.2) is 6.61 Å². The molecule has 8 nitrogen and oxygen atoms in total. The lowest BCUT2D eigenvalue weighted by Gasteiger charge is -2.05. The fourth-order valence-electron chi connectivity index (χ4n) is 2.13. The first kappa shape index (κ1) is 17.4. The monoisotopic (exact) mass is 372 g/mol. The van der Waals surface area contributed by atoms with Gasteiger partial charge in [-0.15, -0.1) is 10.2 Å². The molecule has 0 aliphatic rings. The number of halogens is 1. The maximum Gasteiger partial charge on any atom is 0.338 e. The average molecular weight is 373 g/mol. The van der Waals surface area contributed by atoms with Crippen LogP contribution in [0.5, 0.6) is 0 Å². The molecule has 132 valence electrons. The van der Waals surface area contributed by atoms with E-state index in [1.54, 1.807) is 36.4 Å². The lowest BCUT2D eigenvalue weighted by Crippen LogP contribution is -2.19. The van der Waals surface area contributed by atoms with E-state index in [1.165, 1.54) is 12.1 Å². The highest BCUT2D eigenvalue weighted by atomic mass is 35.5. The zero-order valence-electron chi connectivity index (χ0n) is 13.3. The highest BCUT2D eigenvalue weighted by Gasteiger charge is 2.14. The van der Waals surface area contributed by atoms with Crippen LogP contribution in [0, 0.1) is 0 Å². The van der Waals surface area contributed by atoms with Crippen LogP contribution in [-0.2, 0) is 11.3 Å². The summed E-state index contributed by atoms with van der Waals surface area (Å²) in [6.45, 7) is -0.205. The van der Waals surface area contributed by atoms with Crippen LogP contribution < -0.4 is 11.1 Å². The van der Waals surface area contributed by atoms with Gasteiger partial charge in [0.05, 0.1) is 16.1 Å². The number of rotatable bonds is 5. The first-order valence-corrected chi connectivity index (χ1v) is 7.81. The zero-order chi connectivity index (χ0) is 18.5. The molecular formula is C17H13ClN4O4. The van der Waals surface area contributed by atoms with Gasteiger partial charge in [-0.3, -0.25) is 0 Å². The van der Waals surface area contributed by atoms with Gasteiger partial charge in [0.25, 0.3) is 5.89 Å². The van der Waals surface area contributed by atoms with Crippen LogP contribution in [0.4, 0.5) is 10.5 Å². The minimum atomic E-state index is -0.728. The van der Waals surface area contributed by atoms with Gasteiger partial charge in [-0.2, -0.15) is 0 Å². The molecule has 0 radical (unpaired) electrons. The number of nitrogens with one attached hydrogen (secondary N) is 1. The number of esters is 1. The third kappa shape index (κ3) is 4.17. The smallest absolute Gasteiger partial charge is 0.338 e. The number of primary amides is 1. The molecule has 2 aromatic carbocycles. The number of anilines is 1. The number of nitrogens with two attached hydrogens (primary N) is 1. The van der Waals surface area contributed by atoms with E-state index in [0.717, 1.165) is 0 Å². The number of carbonyl (C=O) groups is 2. The number of aromatic nitrogens is 2. The number of urea groups is 1. The summed E-state index contributed by atoms with van der Waals surface area (Å²) in [5.74, 6) is -0.260. The van der Waals surface area contributed by atoms with Crippen molar-refractivity contribution in [1.29, 1.82) is 0 Å². The maximum atomic E-state index is 12.1. The Labute approximate surface area is 152 Å². The van der Waals surface area contributed by atoms with Crippen molar-refractivity contribution in [2.75, 3.05) is 5.32 Å². The van der Waals surface area contributed by atoms with E-state index in [1.807, 2.05) is 0 Å². The van der Waals surface area contributed by atoms with E-state index >= 15 is 0 Å². The summed E-state index contributed by atoms with van der Waals surface area (Å²) in [5, 5.41) is 10.6. The summed E-state index contributed by atoms with van der Waals surface area (Å²) in [5.41, 5.74) is 6.25. The normalized spacial score (nSPS) is 10.3. The van der Waals surface area contributed by atoms with Crippen LogP contribution in [0.25, 0.3) is 11.5 Å². The van der Waals surface area contributed by atoms with Gasteiger partial charge in [-0.05, 0) is 30.3 Å². The minimum Gasteiger partial charge on any atom is -0.452 e. The molecule has 3 N–H and O–H groups in total. The van der Waals surface area contributed by atoms with Gasteiger partial charge in [-0.25, -0.2) is 9.59 Å². The zero-order valence-corrected chi connectivity index (χ0v) is 14.1. The van der Waals surface area contributed by atoms with Crippen molar-refractivity contribution in [3.8, 4) is 11.5 Å². The Morgan fingerprint density at radius 1 is 1.15 bits per heavy atom. The summed E-state index contributed by atoms with van der Waals surface area (Å²) >= 11 is 6.07. The SMILES string of the molecule is NC(=O)Nc1cccc(C(=O)OCc2nnc(-c3ccccc3Cl)o2)c1. The molecule has 3 rings (SSSR count). The van der Waals surface area contributed by atoms with Gasteiger partial charge in [0, 0.05) is 5.69 Å². The second-order valence-corrected chi connectivity index (χ2v) is 5.53. The molecule has 3 aromatic rings. The molecule has 0 saturated heterocycles. The van der Waals surface area contributed by atoms with Crippen LogP contribution in [0.2, 0.25) is 5.02 Å². The fraction of sp³-hybridized carbons (Fsp3) is 0.0588. The number of benzene rings is 2. The molecule has 0 aliphatic carbocycles. The third-order valence-electron chi connectivity index (χ3n) is 3.26. The van der Waals surface area contributed by atoms with Crippen molar-refractivity contribution < 1.29 is 18.7 Å². The lowest BCUT2D eigenvalue weighted by molar-refractivity contribution is 0.0438. The highest BCUT2D eigenvalue weighted by molar-refractivity contribution is 6.33. The maximum absolute atomic E-state index is 12.1. The second-order valence-electron chi connectivity index (χ2n) is 5.13. The highest BCUT2D eigenvalue weighted by Crippen LogP contribution is 2.26. The fourth-order valence-corrected chi connectivity index (χ4v) is 2.35. The quantitative estimate of drug-likeness (QED) is 0.663. The number of ether oxygens (including phenoxy) is 1. The van der Waals surface area contributed by atoms with Gasteiger partial charge in [0.1, 0.15) is 0 Å². The Bertz CT molecular complexity index is 957. The predicted octanol–water partition coefficient (Wildman–Crippen LogP) is 3.24. The van der Waals surface area contributed by atoms with Crippen molar-refractivity contribution in [2.24, 2.45) is 5.73 Å². The summed E-state index contributed by atoms with van der Waals surface area (Å²) in [4.78, 5) is 23.0. The molecule has 0 aliphatic heterocycles. The number of amides is 2. The van der Waals surface area contributed by atoms with Crippen molar-refractivity contribution in [3.63, 3.8) is 0 Å². The van der Waals surface area contributed by atoms with E-state index < -0.39 is 12.0 Å². The average Bonchev–Trinajstić information content (AvgIpc) is 3.08. The van der Waals surface area contributed by atoms with E-state index in [0.29, 0.717) is 16.3 Å². The van der Waals surface area contributed by atoms with E-state index in [9.17, 15) is 9.59 Å². The molecule has 26 heavy (non-hydrogen) atoms. The number of carbonyl (C=O) groups excluding carboxylic acids is 2. The third-order valence-corrected chi connectivity index (χ3v) is 3.59. The molecular weight excluding hydrogens is 360 g/mol. The molecule has 1 aromatic heterocycles. The number of nitrogens with zero attached hydrogens (tertiary/aromatic N) is 2. The number of hydrogen-bond donors (Lipinski definition) is 2. The van der Waals surface area contributed by atoms with E-state index in [-0.39, 0.29) is 24.0 Å². The van der Waals surface area contributed by atoms with Gasteiger partial charge in [-0.1, -0.05) is 29.8 Å². The summed E-state index contributed by atoms with van der Waals surface area (Å²) in [6, 6.07) is 12.4. The Hall–Kier alpha value is -3.39. The molecule has 0 unspecified atom stereocenters. The van der Waals surface area contributed by atoms with Gasteiger partial charge >= 0.3 is 12.0 Å². The first-order chi connectivity index (χ1) is 12.5. The largest absolute Gasteiger partial charge is 0.452 e. The van der Waals surface area contributed by atoms with Crippen LogP contribution in [0.1, 0.15) is 16.2 Å². The molecule has 2 amide bonds. The minimum absolute atomic E-state index is 0.125. The standard InChI is InChI=1S/C17H13ClN4O4/c18-13-7-2-1-6-12(13)15-22-21-14(26-15)9-25-16(23)10-4-3-5-11(8-10)20-17(19)24/h1-8H,9H2,(H3,19,20,24). The van der Waals surface area contributed by atoms with Gasteiger partial charge < -0.3 is 20.2 Å². The molecule has 0 atom stereocenters. The van der Waals surface area contributed by atoms with Crippen LogP contribution >= 0.6 is 11.6 Å². The van der Waals surface area contributed by atoms with Crippen LogP contribution in [-0.4, -0.2) is 22.2 Å². The molecule has 0 saturated carbocycles. The Kier molecular flexibility index (Phi) is 5.14. The van der Waals surface area contributed by atoms with Crippen molar-refractivity contribution >= 4 is 29.3 Å². The Morgan fingerprint density at radius 2 is 1.96 bits per heavy atom. The molecule has 0 spiro atoms. The molecule has 9 heteroatoms. The Morgan fingerprint density at radius 3 is 2.73 bits per heavy atom. The number of hydrogen-bond acceptors (Lipinski definition) is 6. The van der Waals surface area contributed by atoms with Crippen molar-refractivity contribution in [3.05, 3.63) is 65.0 Å². The first-order valence-electron chi connectivity index (χ1n) is 7.44. The molecule has 0 fully saturated rings.